The minimum absolute atomic E-state index is 0.182. The first-order valence-corrected chi connectivity index (χ1v) is 8.08. The lowest BCUT2D eigenvalue weighted by atomic mass is 9.96. The Labute approximate surface area is 147 Å². The number of aldehydes is 1. The van der Waals surface area contributed by atoms with Crippen LogP contribution in [0.3, 0.4) is 0 Å². The lowest BCUT2D eigenvalue weighted by Crippen LogP contribution is -2.19. The molecule has 130 valence electrons. The lowest BCUT2D eigenvalue weighted by Gasteiger charge is -2.16. The predicted molar refractivity (Wildman–Crippen MR) is 96.0 cm³/mol. The van der Waals surface area contributed by atoms with Gasteiger partial charge in [0.2, 0.25) is 5.91 Å². The molecule has 0 aliphatic heterocycles. The number of esters is 1. The summed E-state index contributed by atoms with van der Waals surface area (Å²) in [6.45, 7) is 5.42. The third kappa shape index (κ3) is 4.32. The molecule has 5 nitrogen and oxygen atoms in total. The van der Waals surface area contributed by atoms with Crippen LogP contribution in [0.1, 0.15) is 44.3 Å². The van der Waals surface area contributed by atoms with Crippen LogP contribution in [-0.2, 0) is 16.0 Å². The molecule has 0 atom stereocenters. The highest BCUT2D eigenvalue weighted by molar-refractivity contribution is 6.03. The SMILES string of the molecule is CCOC(=O)c1c(C)cc(C=O)c(NC(=O)Cc2ccccc2)c1C. The zero-order valence-corrected chi connectivity index (χ0v) is 14.6. The monoisotopic (exact) mass is 339 g/mol. The first-order valence-electron chi connectivity index (χ1n) is 8.08. The summed E-state index contributed by atoms with van der Waals surface area (Å²) in [6.07, 6.45) is 0.855. The summed E-state index contributed by atoms with van der Waals surface area (Å²) in [5.41, 5.74) is 3.10. The van der Waals surface area contributed by atoms with E-state index in [2.05, 4.69) is 5.32 Å². The molecule has 0 fully saturated rings. The van der Waals surface area contributed by atoms with Crippen LogP contribution in [0.4, 0.5) is 5.69 Å². The average Bonchev–Trinajstić information content (AvgIpc) is 2.58. The molecule has 0 spiro atoms. The standard InChI is InChI=1S/C20H21NO4/c1-4-25-20(24)18-13(2)10-16(12-22)19(14(18)3)21-17(23)11-15-8-6-5-7-9-15/h5-10,12H,4,11H2,1-3H3,(H,21,23). The fraction of sp³-hybridized carbons (Fsp3) is 0.250. The van der Waals surface area contributed by atoms with Gasteiger partial charge in [-0.25, -0.2) is 4.79 Å². The number of hydrogen-bond acceptors (Lipinski definition) is 4. The number of hydrogen-bond donors (Lipinski definition) is 1. The third-order valence-corrected chi connectivity index (χ3v) is 3.88. The molecule has 0 radical (unpaired) electrons. The Bertz CT molecular complexity index is 797. The van der Waals surface area contributed by atoms with E-state index in [0.29, 0.717) is 34.2 Å². The van der Waals surface area contributed by atoms with E-state index in [0.717, 1.165) is 5.56 Å². The van der Waals surface area contributed by atoms with Crippen LogP contribution in [0.5, 0.6) is 0 Å². The minimum Gasteiger partial charge on any atom is -0.462 e. The quantitative estimate of drug-likeness (QED) is 0.646. The molecular formula is C20H21NO4. The Morgan fingerprint density at radius 1 is 1.16 bits per heavy atom. The number of rotatable bonds is 6. The van der Waals surface area contributed by atoms with Crippen molar-refractivity contribution in [2.45, 2.75) is 27.2 Å². The number of anilines is 1. The van der Waals surface area contributed by atoms with E-state index in [-0.39, 0.29) is 18.9 Å². The number of carbonyl (C=O) groups excluding carboxylic acids is 3. The molecule has 0 heterocycles. The van der Waals surface area contributed by atoms with E-state index in [1.807, 2.05) is 30.3 Å². The van der Waals surface area contributed by atoms with Crippen molar-refractivity contribution in [3.8, 4) is 0 Å². The molecule has 2 aromatic carbocycles. The number of ether oxygens (including phenoxy) is 1. The third-order valence-electron chi connectivity index (χ3n) is 3.88. The molecule has 2 aromatic rings. The fourth-order valence-corrected chi connectivity index (χ4v) is 2.76. The number of aryl methyl sites for hydroxylation is 1. The zero-order valence-electron chi connectivity index (χ0n) is 14.6. The van der Waals surface area contributed by atoms with E-state index < -0.39 is 5.97 Å². The Balaban J connectivity index is 2.35. The van der Waals surface area contributed by atoms with Gasteiger partial charge in [-0.3, -0.25) is 9.59 Å². The van der Waals surface area contributed by atoms with Gasteiger partial charge in [0.15, 0.2) is 6.29 Å². The molecule has 1 amide bonds. The predicted octanol–water partition coefficient (Wildman–Crippen LogP) is 3.47. The summed E-state index contributed by atoms with van der Waals surface area (Å²) in [5.74, 6) is -0.718. The first kappa shape index (κ1) is 18.4. The molecule has 2 rings (SSSR count). The van der Waals surface area contributed by atoms with Crippen LogP contribution in [0.2, 0.25) is 0 Å². The maximum Gasteiger partial charge on any atom is 0.338 e. The Morgan fingerprint density at radius 3 is 2.44 bits per heavy atom. The molecule has 0 aromatic heterocycles. The highest BCUT2D eigenvalue weighted by Gasteiger charge is 2.20. The maximum atomic E-state index is 12.4. The van der Waals surface area contributed by atoms with Gasteiger partial charge in [0.05, 0.1) is 24.3 Å². The molecular weight excluding hydrogens is 318 g/mol. The Morgan fingerprint density at radius 2 is 1.84 bits per heavy atom. The second-order valence-electron chi connectivity index (χ2n) is 5.71. The van der Waals surface area contributed by atoms with E-state index in [1.165, 1.54) is 0 Å². The maximum absolute atomic E-state index is 12.4. The van der Waals surface area contributed by atoms with E-state index in [4.69, 9.17) is 4.74 Å². The summed E-state index contributed by atoms with van der Waals surface area (Å²) in [6, 6.07) is 10.9. The summed E-state index contributed by atoms with van der Waals surface area (Å²) in [4.78, 5) is 36.0. The average molecular weight is 339 g/mol. The van der Waals surface area contributed by atoms with Crippen LogP contribution in [-0.4, -0.2) is 24.8 Å². The van der Waals surface area contributed by atoms with E-state index in [1.54, 1.807) is 26.8 Å². The van der Waals surface area contributed by atoms with Crippen LogP contribution in [0.15, 0.2) is 36.4 Å². The van der Waals surface area contributed by atoms with E-state index in [9.17, 15) is 14.4 Å². The van der Waals surface area contributed by atoms with Crippen LogP contribution >= 0.6 is 0 Å². The van der Waals surface area contributed by atoms with Crippen molar-refractivity contribution in [3.05, 3.63) is 64.2 Å². The largest absolute Gasteiger partial charge is 0.462 e. The molecule has 0 aliphatic carbocycles. The van der Waals surface area contributed by atoms with Crippen LogP contribution in [0.25, 0.3) is 0 Å². The van der Waals surface area contributed by atoms with Crippen molar-refractivity contribution < 1.29 is 19.1 Å². The van der Waals surface area contributed by atoms with Gasteiger partial charge in [0, 0.05) is 5.56 Å². The smallest absolute Gasteiger partial charge is 0.338 e. The number of carbonyl (C=O) groups is 3. The Hall–Kier alpha value is -2.95. The topological polar surface area (TPSA) is 72.5 Å². The van der Waals surface area contributed by atoms with E-state index >= 15 is 0 Å². The minimum atomic E-state index is -0.464. The van der Waals surface area contributed by atoms with Crippen LogP contribution < -0.4 is 5.32 Å². The summed E-state index contributed by atoms with van der Waals surface area (Å²) in [7, 11) is 0. The first-order chi connectivity index (χ1) is 12.0. The van der Waals surface area contributed by atoms with Gasteiger partial charge in [-0.1, -0.05) is 30.3 Å². The lowest BCUT2D eigenvalue weighted by molar-refractivity contribution is -0.115. The molecule has 0 aliphatic rings. The molecule has 5 heteroatoms. The van der Waals surface area contributed by atoms with Crippen molar-refractivity contribution >= 4 is 23.9 Å². The van der Waals surface area contributed by atoms with Gasteiger partial charge in [-0.2, -0.15) is 0 Å². The van der Waals surface area contributed by atoms with Gasteiger partial charge in [-0.05, 0) is 43.5 Å². The second kappa shape index (κ2) is 8.24. The van der Waals surface area contributed by atoms with Crippen molar-refractivity contribution in [2.24, 2.45) is 0 Å². The molecule has 0 bridgehead atoms. The summed E-state index contributed by atoms with van der Waals surface area (Å²) >= 11 is 0. The van der Waals surface area contributed by atoms with Gasteiger partial charge < -0.3 is 10.1 Å². The summed E-state index contributed by atoms with van der Waals surface area (Å²) < 4.78 is 5.08. The molecule has 25 heavy (non-hydrogen) atoms. The molecule has 1 N–H and O–H groups in total. The van der Waals surface area contributed by atoms with Gasteiger partial charge in [0.1, 0.15) is 0 Å². The van der Waals surface area contributed by atoms with Gasteiger partial charge >= 0.3 is 5.97 Å². The van der Waals surface area contributed by atoms with Crippen LogP contribution in [0, 0.1) is 13.8 Å². The molecule has 0 saturated heterocycles. The second-order valence-corrected chi connectivity index (χ2v) is 5.71. The Kier molecular flexibility index (Phi) is 6.06. The van der Waals surface area contributed by atoms with Crippen molar-refractivity contribution in [3.63, 3.8) is 0 Å². The van der Waals surface area contributed by atoms with Gasteiger partial charge in [-0.15, -0.1) is 0 Å². The zero-order chi connectivity index (χ0) is 18.4. The van der Waals surface area contributed by atoms with Crippen molar-refractivity contribution in [1.29, 1.82) is 0 Å². The summed E-state index contributed by atoms with van der Waals surface area (Å²) in [5, 5.41) is 2.76. The molecule has 0 unspecified atom stereocenters. The highest BCUT2D eigenvalue weighted by atomic mass is 16.5. The van der Waals surface area contributed by atoms with Crippen molar-refractivity contribution in [2.75, 3.05) is 11.9 Å². The highest BCUT2D eigenvalue weighted by Crippen LogP contribution is 2.27. The fourth-order valence-electron chi connectivity index (χ4n) is 2.76. The normalized spacial score (nSPS) is 10.2. The molecule has 0 saturated carbocycles. The number of amides is 1. The number of benzene rings is 2. The van der Waals surface area contributed by atoms with Gasteiger partial charge in [0.25, 0.3) is 0 Å². The van der Waals surface area contributed by atoms with Crippen molar-refractivity contribution in [1.82, 2.24) is 0 Å². The number of nitrogens with one attached hydrogen (secondary N) is 1.